The lowest BCUT2D eigenvalue weighted by molar-refractivity contribution is -0.185. The van der Waals surface area contributed by atoms with Crippen molar-refractivity contribution in [3.05, 3.63) is 169 Å². The third-order valence-electron chi connectivity index (χ3n) is 7.56. The molecule has 1 aliphatic heterocycles. The van der Waals surface area contributed by atoms with E-state index in [1.807, 2.05) is 121 Å². The molecule has 5 rings (SSSR count). The van der Waals surface area contributed by atoms with E-state index in [0.29, 0.717) is 22.3 Å². The van der Waals surface area contributed by atoms with Crippen LogP contribution < -0.4 is 0 Å². The summed E-state index contributed by atoms with van der Waals surface area (Å²) in [6.45, 7) is 10.9. The largest absolute Gasteiger partial charge is 0.443 e. The van der Waals surface area contributed by atoms with Gasteiger partial charge in [-0.25, -0.2) is 9.59 Å². The summed E-state index contributed by atoms with van der Waals surface area (Å²) in [5.41, 5.74) is -0.588. The van der Waals surface area contributed by atoms with Gasteiger partial charge in [0.05, 0.1) is 0 Å². The first kappa shape index (κ1) is 29.7. The van der Waals surface area contributed by atoms with Gasteiger partial charge in [-0.05, 0) is 13.8 Å². The standard InChI is InChI=1S/C37H34O6/c1-5-31(38)40-36(27-19-11-7-12-20-27,28-21-13-8-14-22-28)33-34(43-35(3,4)42-33)37(41-32(39)6-2,29-23-15-9-16-24-29)30-25-17-10-18-26-30/h5-26,33-34H,1-2H2,3-4H3/t33-,34-/m1/s1. The first-order valence-electron chi connectivity index (χ1n) is 14.1. The summed E-state index contributed by atoms with van der Waals surface area (Å²) < 4.78 is 26.5. The molecule has 0 unspecified atom stereocenters. The highest BCUT2D eigenvalue weighted by Gasteiger charge is 2.65. The van der Waals surface area contributed by atoms with E-state index >= 15 is 0 Å². The topological polar surface area (TPSA) is 71.1 Å². The zero-order chi connectivity index (χ0) is 30.5. The number of esters is 2. The number of carbonyl (C=O) groups is 2. The number of carbonyl (C=O) groups excluding carboxylic acids is 2. The Balaban J connectivity index is 1.90. The predicted octanol–water partition coefficient (Wildman–Crippen LogP) is 6.85. The van der Waals surface area contributed by atoms with Crippen molar-refractivity contribution in [1.82, 2.24) is 0 Å². The highest BCUT2D eigenvalue weighted by atomic mass is 16.8. The molecule has 2 atom stereocenters. The van der Waals surface area contributed by atoms with Crippen LogP contribution in [0.15, 0.2) is 147 Å². The van der Waals surface area contributed by atoms with Crippen LogP contribution in [-0.4, -0.2) is 29.9 Å². The Morgan fingerprint density at radius 1 is 0.581 bits per heavy atom. The molecule has 0 bridgehead atoms. The smallest absolute Gasteiger partial charge is 0.331 e. The van der Waals surface area contributed by atoms with Crippen molar-refractivity contribution in [1.29, 1.82) is 0 Å². The van der Waals surface area contributed by atoms with Crippen LogP contribution >= 0.6 is 0 Å². The van der Waals surface area contributed by atoms with Gasteiger partial charge in [0.15, 0.2) is 17.0 Å². The van der Waals surface area contributed by atoms with Gasteiger partial charge < -0.3 is 18.9 Å². The van der Waals surface area contributed by atoms with Gasteiger partial charge in [-0.15, -0.1) is 0 Å². The fraction of sp³-hybridized carbons (Fsp3) is 0.189. The Labute approximate surface area is 252 Å². The fourth-order valence-corrected chi connectivity index (χ4v) is 5.84. The molecule has 0 spiro atoms. The normalized spacial score (nSPS) is 17.9. The highest BCUT2D eigenvalue weighted by Crippen LogP contribution is 2.53. The molecule has 0 amide bonds. The van der Waals surface area contributed by atoms with Gasteiger partial charge in [0.25, 0.3) is 0 Å². The third kappa shape index (κ3) is 5.55. The van der Waals surface area contributed by atoms with E-state index in [0.717, 1.165) is 12.2 Å². The van der Waals surface area contributed by atoms with Gasteiger partial charge in [0, 0.05) is 34.4 Å². The Morgan fingerprint density at radius 3 is 1.07 bits per heavy atom. The van der Waals surface area contributed by atoms with Crippen LogP contribution in [0.3, 0.4) is 0 Å². The molecule has 6 nitrogen and oxygen atoms in total. The van der Waals surface area contributed by atoms with Crippen LogP contribution in [0.2, 0.25) is 0 Å². The molecular formula is C37H34O6. The van der Waals surface area contributed by atoms with Gasteiger partial charge in [-0.3, -0.25) is 0 Å². The second-order valence-corrected chi connectivity index (χ2v) is 10.7. The number of hydrogen-bond acceptors (Lipinski definition) is 6. The van der Waals surface area contributed by atoms with E-state index in [2.05, 4.69) is 13.2 Å². The Morgan fingerprint density at radius 2 is 0.837 bits per heavy atom. The predicted molar refractivity (Wildman–Crippen MR) is 164 cm³/mol. The molecule has 1 saturated heterocycles. The van der Waals surface area contributed by atoms with E-state index < -0.39 is 41.1 Å². The van der Waals surface area contributed by atoms with E-state index in [1.165, 1.54) is 0 Å². The van der Waals surface area contributed by atoms with Crippen molar-refractivity contribution in [3.8, 4) is 0 Å². The molecule has 0 N–H and O–H groups in total. The molecular weight excluding hydrogens is 540 g/mol. The SMILES string of the molecule is C=CC(=O)OC(c1ccccc1)(c1ccccc1)[C@@H]1OC(C)(C)O[C@H]1C(OC(=O)C=C)(c1ccccc1)c1ccccc1. The number of benzene rings is 4. The second kappa shape index (κ2) is 12.2. The average molecular weight is 575 g/mol. The Hall–Kier alpha value is -4.78. The maximum absolute atomic E-state index is 13.3. The second-order valence-electron chi connectivity index (χ2n) is 10.7. The van der Waals surface area contributed by atoms with Crippen LogP contribution in [0.1, 0.15) is 36.1 Å². The summed E-state index contributed by atoms with van der Waals surface area (Å²) in [5, 5.41) is 0. The maximum Gasteiger partial charge on any atom is 0.331 e. The summed E-state index contributed by atoms with van der Waals surface area (Å²) >= 11 is 0. The molecule has 4 aromatic carbocycles. The van der Waals surface area contributed by atoms with Crippen LogP contribution in [0, 0.1) is 0 Å². The minimum Gasteiger partial charge on any atom is -0.443 e. The number of ether oxygens (including phenoxy) is 4. The quantitative estimate of drug-likeness (QED) is 0.152. The van der Waals surface area contributed by atoms with Gasteiger partial charge in [0.1, 0.15) is 12.2 Å². The lowest BCUT2D eigenvalue weighted by Crippen LogP contribution is -2.57. The minimum atomic E-state index is -1.57. The van der Waals surface area contributed by atoms with Crippen LogP contribution in [0.5, 0.6) is 0 Å². The molecule has 0 saturated carbocycles. The molecule has 218 valence electrons. The molecule has 6 heteroatoms. The van der Waals surface area contributed by atoms with E-state index in [1.54, 1.807) is 13.8 Å². The van der Waals surface area contributed by atoms with E-state index in [4.69, 9.17) is 18.9 Å². The monoisotopic (exact) mass is 574 g/mol. The summed E-state index contributed by atoms with van der Waals surface area (Å²) in [6, 6.07) is 37.4. The molecule has 4 aromatic rings. The van der Waals surface area contributed by atoms with Crippen LogP contribution in [0.25, 0.3) is 0 Å². The van der Waals surface area contributed by atoms with Crippen molar-refractivity contribution in [2.75, 3.05) is 0 Å². The molecule has 0 aliphatic carbocycles. The van der Waals surface area contributed by atoms with Crippen LogP contribution in [0.4, 0.5) is 0 Å². The molecule has 1 fully saturated rings. The van der Waals surface area contributed by atoms with Gasteiger partial charge >= 0.3 is 11.9 Å². The van der Waals surface area contributed by atoms with Gasteiger partial charge in [-0.1, -0.05) is 134 Å². The zero-order valence-corrected chi connectivity index (χ0v) is 24.2. The maximum atomic E-state index is 13.3. The molecule has 43 heavy (non-hydrogen) atoms. The van der Waals surface area contributed by atoms with Crippen molar-refractivity contribution in [3.63, 3.8) is 0 Å². The lowest BCUT2D eigenvalue weighted by Gasteiger charge is -2.45. The first-order valence-corrected chi connectivity index (χ1v) is 14.1. The van der Waals surface area contributed by atoms with E-state index in [-0.39, 0.29) is 0 Å². The van der Waals surface area contributed by atoms with Crippen molar-refractivity contribution in [2.24, 2.45) is 0 Å². The van der Waals surface area contributed by atoms with Crippen molar-refractivity contribution < 1.29 is 28.5 Å². The Kier molecular flexibility index (Phi) is 8.44. The summed E-state index contributed by atoms with van der Waals surface area (Å²) in [6.07, 6.45) is 0.148. The number of rotatable bonds is 10. The van der Waals surface area contributed by atoms with E-state index in [9.17, 15) is 9.59 Å². The van der Waals surface area contributed by atoms with Gasteiger partial charge in [0.2, 0.25) is 0 Å². The zero-order valence-electron chi connectivity index (χ0n) is 24.2. The van der Waals surface area contributed by atoms with Crippen molar-refractivity contribution in [2.45, 2.75) is 43.0 Å². The fourth-order valence-electron chi connectivity index (χ4n) is 5.84. The molecule has 0 radical (unpaired) electrons. The van der Waals surface area contributed by atoms with Crippen molar-refractivity contribution >= 4 is 11.9 Å². The third-order valence-corrected chi connectivity index (χ3v) is 7.56. The molecule has 0 aromatic heterocycles. The van der Waals surface area contributed by atoms with Crippen LogP contribution in [-0.2, 0) is 39.7 Å². The average Bonchev–Trinajstić information content (AvgIpc) is 3.39. The summed E-state index contributed by atoms with van der Waals surface area (Å²) in [4.78, 5) is 26.6. The molecule has 1 heterocycles. The van der Waals surface area contributed by atoms with Gasteiger partial charge in [-0.2, -0.15) is 0 Å². The summed E-state index contributed by atoms with van der Waals surface area (Å²) in [7, 11) is 0. The summed E-state index contributed by atoms with van der Waals surface area (Å²) in [5.74, 6) is -2.51. The lowest BCUT2D eigenvalue weighted by atomic mass is 9.71. The highest BCUT2D eigenvalue weighted by molar-refractivity contribution is 5.83. The minimum absolute atomic E-state index is 0.637. The Bertz CT molecular complexity index is 1370. The number of hydrogen-bond donors (Lipinski definition) is 0. The first-order chi connectivity index (χ1) is 20.8. The molecule has 1 aliphatic rings.